The molecule has 0 bridgehead atoms. The van der Waals surface area contributed by atoms with Gasteiger partial charge in [0, 0.05) is 0 Å². The first kappa shape index (κ1) is 9.53. The van der Waals surface area contributed by atoms with Crippen LogP contribution in [0.4, 0.5) is 0 Å². The summed E-state index contributed by atoms with van der Waals surface area (Å²) in [6, 6.07) is 7.45. The quantitative estimate of drug-likeness (QED) is 0.655. The van der Waals surface area contributed by atoms with Crippen LogP contribution < -0.4 is 28.2 Å². The zero-order valence-electron chi connectivity index (χ0n) is 7.33. The van der Waals surface area contributed by atoms with Gasteiger partial charge < -0.3 is 0 Å². The van der Waals surface area contributed by atoms with E-state index in [0.717, 1.165) is 22.3 Å². The standard InChI is InChI=1S/C10H5BrIO3/c11-7-2-1-5-3-8-9(15-12-14-8)4-6(5)10(7)13/h1-4,13H/q-1. The Bertz CT molecular complexity index is 556. The van der Waals surface area contributed by atoms with Gasteiger partial charge in [-0.2, -0.15) is 0 Å². The molecule has 0 saturated heterocycles. The van der Waals surface area contributed by atoms with Crippen LogP contribution in [0.1, 0.15) is 0 Å². The second kappa shape index (κ2) is 3.41. The van der Waals surface area contributed by atoms with Crippen molar-refractivity contribution in [2.24, 2.45) is 0 Å². The molecule has 0 atom stereocenters. The van der Waals surface area contributed by atoms with Gasteiger partial charge in [-0.15, -0.1) is 0 Å². The van der Waals surface area contributed by atoms with Crippen molar-refractivity contribution in [2.45, 2.75) is 0 Å². The van der Waals surface area contributed by atoms with Crippen molar-refractivity contribution in [1.82, 2.24) is 0 Å². The molecule has 0 spiro atoms. The number of phenolic OH excluding ortho intramolecular Hbond substituents is 1. The van der Waals surface area contributed by atoms with E-state index in [9.17, 15) is 5.11 Å². The van der Waals surface area contributed by atoms with Crippen molar-refractivity contribution >= 4 is 26.7 Å². The minimum atomic E-state index is -0.663. The van der Waals surface area contributed by atoms with E-state index in [4.69, 9.17) is 6.13 Å². The Morgan fingerprint density at radius 2 is 1.87 bits per heavy atom. The molecule has 0 amide bonds. The Kier molecular flexibility index (Phi) is 2.17. The van der Waals surface area contributed by atoms with Gasteiger partial charge in [-0.1, -0.05) is 0 Å². The van der Waals surface area contributed by atoms with E-state index < -0.39 is 22.0 Å². The fourth-order valence-corrected chi connectivity index (χ4v) is 3.00. The summed E-state index contributed by atoms with van der Waals surface area (Å²) < 4.78 is 11.4. The first-order valence-corrected chi connectivity index (χ1v) is 6.75. The van der Waals surface area contributed by atoms with Crippen LogP contribution in [0.2, 0.25) is 0 Å². The molecule has 2 aromatic rings. The van der Waals surface area contributed by atoms with Crippen molar-refractivity contribution in [3.63, 3.8) is 0 Å². The predicted octanol–water partition coefficient (Wildman–Crippen LogP) is -0.00190. The molecule has 1 heterocycles. The molecule has 0 aromatic heterocycles. The number of benzene rings is 2. The van der Waals surface area contributed by atoms with Gasteiger partial charge in [0.1, 0.15) is 0 Å². The third kappa shape index (κ3) is 1.45. The molecule has 1 aliphatic heterocycles. The molecule has 0 fully saturated rings. The summed E-state index contributed by atoms with van der Waals surface area (Å²) in [5.41, 5.74) is 0. The number of phenols is 1. The summed E-state index contributed by atoms with van der Waals surface area (Å²) in [7, 11) is 0. The topological polar surface area (TPSA) is 38.7 Å². The van der Waals surface area contributed by atoms with Gasteiger partial charge in [0.2, 0.25) is 0 Å². The molecular weight excluding hydrogens is 375 g/mol. The number of fused-ring (bicyclic) bond motifs is 2. The molecule has 1 aliphatic rings. The van der Waals surface area contributed by atoms with Gasteiger partial charge in [-0.25, -0.2) is 0 Å². The third-order valence-corrected chi connectivity index (χ3v) is 4.18. The predicted molar refractivity (Wildman–Crippen MR) is 54.6 cm³/mol. The fraction of sp³-hybridized carbons (Fsp3) is 0. The molecule has 0 unspecified atom stereocenters. The van der Waals surface area contributed by atoms with E-state index >= 15 is 0 Å². The van der Waals surface area contributed by atoms with Crippen LogP contribution in [-0.2, 0) is 0 Å². The van der Waals surface area contributed by atoms with Crippen molar-refractivity contribution in [3.8, 4) is 17.2 Å². The number of aromatic hydroxyl groups is 1. The monoisotopic (exact) mass is 379 g/mol. The first-order valence-electron chi connectivity index (χ1n) is 4.19. The summed E-state index contributed by atoms with van der Waals surface area (Å²) in [4.78, 5) is 0. The first-order chi connectivity index (χ1) is 7.25. The average Bonchev–Trinajstić information content (AvgIpc) is 2.68. The molecule has 0 radical (unpaired) electrons. The van der Waals surface area contributed by atoms with Gasteiger partial charge in [0.15, 0.2) is 0 Å². The van der Waals surface area contributed by atoms with Crippen LogP contribution in [0.25, 0.3) is 10.8 Å². The summed E-state index contributed by atoms with van der Waals surface area (Å²) in [5.74, 6) is 1.74. The number of hydrogen-bond acceptors (Lipinski definition) is 3. The van der Waals surface area contributed by atoms with Crippen molar-refractivity contribution in [3.05, 3.63) is 28.7 Å². The van der Waals surface area contributed by atoms with Crippen LogP contribution in [0.5, 0.6) is 17.2 Å². The fourth-order valence-electron chi connectivity index (χ4n) is 1.49. The van der Waals surface area contributed by atoms with E-state index in [-0.39, 0.29) is 5.75 Å². The zero-order chi connectivity index (χ0) is 10.4. The van der Waals surface area contributed by atoms with Gasteiger partial charge in [-0.05, 0) is 0 Å². The molecule has 1 N–H and O–H groups in total. The average molecular weight is 380 g/mol. The Labute approximate surface area is 105 Å². The molecule has 0 aliphatic carbocycles. The summed E-state index contributed by atoms with van der Waals surface area (Å²) in [5, 5.41) is 11.6. The SMILES string of the molecule is Oc1c(Br)ccc2cc3c(cc12)O[I-]O3. The molecule has 3 rings (SSSR count). The molecule has 15 heavy (non-hydrogen) atoms. The Morgan fingerprint density at radius 3 is 2.67 bits per heavy atom. The van der Waals surface area contributed by atoms with Crippen molar-refractivity contribution in [2.75, 3.05) is 0 Å². The van der Waals surface area contributed by atoms with Crippen LogP contribution in [-0.4, -0.2) is 5.11 Å². The molecule has 3 nitrogen and oxygen atoms in total. The number of halogens is 2. The Hall–Kier alpha value is -0.690. The Morgan fingerprint density at radius 1 is 1.13 bits per heavy atom. The van der Waals surface area contributed by atoms with Crippen LogP contribution >= 0.6 is 15.9 Å². The van der Waals surface area contributed by atoms with Crippen LogP contribution in [0.15, 0.2) is 28.7 Å². The Balaban J connectivity index is 2.38. The maximum absolute atomic E-state index is 9.86. The zero-order valence-corrected chi connectivity index (χ0v) is 11.1. The van der Waals surface area contributed by atoms with E-state index in [1.54, 1.807) is 0 Å². The van der Waals surface area contributed by atoms with E-state index in [0.29, 0.717) is 4.47 Å². The van der Waals surface area contributed by atoms with Crippen LogP contribution in [0.3, 0.4) is 0 Å². The number of rotatable bonds is 0. The van der Waals surface area contributed by atoms with Gasteiger partial charge in [0.05, 0.1) is 0 Å². The maximum atomic E-state index is 9.86. The summed E-state index contributed by atoms with van der Waals surface area (Å²) >= 11 is 2.62. The molecular formula is C10H5BrIO3-. The normalized spacial score (nSPS) is 13.9. The van der Waals surface area contributed by atoms with E-state index in [1.165, 1.54) is 0 Å². The second-order valence-corrected chi connectivity index (χ2v) is 5.23. The minimum absolute atomic E-state index is 0.240. The molecule has 0 saturated carbocycles. The van der Waals surface area contributed by atoms with Crippen molar-refractivity contribution < 1.29 is 33.3 Å². The van der Waals surface area contributed by atoms with E-state index in [1.807, 2.05) is 24.3 Å². The third-order valence-electron chi connectivity index (χ3n) is 2.24. The van der Waals surface area contributed by atoms with Crippen molar-refractivity contribution in [1.29, 1.82) is 0 Å². The summed E-state index contributed by atoms with van der Waals surface area (Å²) in [6.07, 6.45) is 0. The molecule has 2 aromatic carbocycles. The number of hydrogen-bond donors (Lipinski definition) is 1. The molecule has 5 heteroatoms. The molecule has 78 valence electrons. The van der Waals surface area contributed by atoms with E-state index in [2.05, 4.69) is 15.9 Å². The summed E-state index contributed by atoms with van der Waals surface area (Å²) in [6.45, 7) is 0. The van der Waals surface area contributed by atoms with Gasteiger partial charge >= 0.3 is 106 Å². The van der Waals surface area contributed by atoms with Crippen LogP contribution in [0, 0.1) is 0 Å². The van der Waals surface area contributed by atoms with Gasteiger partial charge in [0.25, 0.3) is 0 Å². The second-order valence-electron chi connectivity index (χ2n) is 3.13. The van der Waals surface area contributed by atoms with Gasteiger partial charge in [-0.3, -0.25) is 0 Å².